The first-order valence-corrected chi connectivity index (χ1v) is 14.6. The Balaban J connectivity index is 1.30. The van der Waals surface area contributed by atoms with Crippen LogP contribution in [0, 0.1) is 11.8 Å². The average Bonchev–Trinajstić information content (AvgIpc) is 3.32. The highest BCUT2D eigenvalue weighted by Crippen LogP contribution is 2.46. The predicted octanol–water partition coefficient (Wildman–Crippen LogP) is 9.16. The van der Waals surface area contributed by atoms with Gasteiger partial charge >= 0.3 is 0 Å². The van der Waals surface area contributed by atoms with Crippen LogP contribution in [0.4, 0.5) is 11.4 Å². The highest BCUT2D eigenvalue weighted by Gasteiger charge is 2.17. The maximum absolute atomic E-state index is 6.52. The van der Waals surface area contributed by atoms with Gasteiger partial charge in [-0.2, -0.15) is 0 Å². The molecule has 0 radical (unpaired) electrons. The minimum Gasteiger partial charge on any atom is -0.494 e. The number of thiophene rings is 1. The normalized spacial score (nSPS) is 10.6. The monoisotopic (exact) mass is 558 g/mol. The van der Waals surface area contributed by atoms with E-state index in [-0.39, 0.29) is 0 Å². The molecular formula is C36H34N2O2S. The molecule has 0 saturated heterocycles. The van der Waals surface area contributed by atoms with Gasteiger partial charge in [0.2, 0.25) is 0 Å². The SMILES string of the molecule is CC#CCOc1ccc(-c2ccc(-c3sc(-c4ccc(-c5ccc(OCCCC)cc5)cc4)c(N)c3N)cc2)cc1. The van der Waals surface area contributed by atoms with E-state index in [1.807, 2.05) is 24.3 Å². The summed E-state index contributed by atoms with van der Waals surface area (Å²) in [5.74, 6) is 7.45. The minimum atomic E-state index is 0.394. The Morgan fingerprint density at radius 1 is 0.585 bits per heavy atom. The molecule has 0 bridgehead atoms. The number of hydrogen-bond donors (Lipinski definition) is 2. The molecule has 0 aliphatic carbocycles. The molecule has 0 saturated carbocycles. The van der Waals surface area contributed by atoms with Gasteiger partial charge in [-0.05, 0) is 71.0 Å². The largest absolute Gasteiger partial charge is 0.494 e. The lowest BCUT2D eigenvalue weighted by molar-refractivity contribution is 0.309. The summed E-state index contributed by atoms with van der Waals surface area (Å²) in [6.07, 6.45) is 2.19. The standard InChI is InChI=1S/C36H34N2O2S/c1-3-5-23-39-31-19-15-27(16-20-31)25-7-11-29(12-8-25)35-33(37)34(38)36(41-35)30-13-9-26(10-14-30)28-17-21-32(22-18-28)40-24-6-4-2/h7-22H,3,5,23-24,37-38H2,1-2H3. The van der Waals surface area contributed by atoms with E-state index in [0.717, 1.165) is 74.1 Å². The molecule has 0 unspecified atom stereocenters. The van der Waals surface area contributed by atoms with Gasteiger partial charge in [0.15, 0.2) is 0 Å². The van der Waals surface area contributed by atoms with E-state index < -0.39 is 0 Å². The van der Waals surface area contributed by atoms with Gasteiger partial charge in [0.25, 0.3) is 0 Å². The topological polar surface area (TPSA) is 70.5 Å². The Labute approximate surface area is 246 Å². The fourth-order valence-electron chi connectivity index (χ4n) is 4.53. The van der Waals surface area contributed by atoms with E-state index in [1.165, 1.54) is 0 Å². The van der Waals surface area contributed by atoms with Crippen LogP contribution in [0.1, 0.15) is 26.7 Å². The third-order valence-electron chi connectivity index (χ3n) is 6.91. The summed E-state index contributed by atoms with van der Waals surface area (Å²) in [6, 6.07) is 33.2. The highest BCUT2D eigenvalue weighted by atomic mass is 32.1. The minimum absolute atomic E-state index is 0.394. The van der Waals surface area contributed by atoms with Gasteiger partial charge in [0, 0.05) is 0 Å². The molecule has 1 aromatic heterocycles. The van der Waals surface area contributed by atoms with E-state index in [4.69, 9.17) is 20.9 Å². The lowest BCUT2D eigenvalue weighted by Crippen LogP contribution is -1.95. The van der Waals surface area contributed by atoms with E-state index in [2.05, 4.69) is 91.6 Å². The molecule has 206 valence electrons. The van der Waals surface area contributed by atoms with Crippen LogP contribution in [-0.4, -0.2) is 13.2 Å². The molecule has 41 heavy (non-hydrogen) atoms. The Morgan fingerprint density at radius 2 is 0.976 bits per heavy atom. The first-order valence-electron chi connectivity index (χ1n) is 13.8. The van der Waals surface area contributed by atoms with Gasteiger partial charge in [0.05, 0.1) is 27.7 Å². The van der Waals surface area contributed by atoms with Crippen molar-refractivity contribution in [2.24, 2.45) is 0 Å². The number of benzene rings is 4. The molecule has 0 fully saturated rings. The van der Waals surface area contributed by atoms with Crippen LogP contribution < -0.4 is 20.9 Å². The second kappa shape index (κ2) is 13.1. The molecule has 1 heterocycles. The summed E-state index contributed by atoms with van der Waals surface area (Å²) >= 11 is 1.62. The summed E-state index contributed by atoms with van der Waals surface area (Å²) in [4.78, 5) is 1.96. The molecule has 0 amide bonds. The Kier molecular flexibility index (Phi) is 8.93. The number of ether oxygens (including phenoxy) is 2. The number of nitrogen functional groups attached to an aromatic ring is 2. The van der Waals surface area contributed by atoms with Crippen molar-refractivity contribution in [3.05, 3.63) is 97.1 Å². The fourth-order valence-corrected chi connectivity index (χ4v) is 5.68. The van der Waals surface area contributed by atoms with Crippen molar-refractivity contribution in [1.29, 1.82) is 0 Å². The number of rotatable bonds is 10. The molecule has 4 N–H and O–H groups in total. The Bertz CT molecular complexity index is 1640. The van der Waals surface area contributed by atoms with Gasteiger partial charge in [-0.15, -0.1) is 17.3 Å². The maximum Gasteiger partial charge on any atom is 0.149 e. The summed E-state index contributed by atoms with van der Waals surface area (Å²) in [7, 11) is 0. The second-order valence-electron chi connectivity index (χ2n) is 9.71. The lowest BCUT2D eigenvalue weighted by Gasteiger charge is -2.08. The van der Waals surface area contributed by atoms with Crippen LogP contribution >= 0.6 is 11.3 Å². The smallest absolute Gasteiger partial charge is 0.149 e. The summed E-state index contributed by atoms with van der Waals surface area (Å²) in [5, 5.41) is 0. The summed E-state index contributed by atoms with van der Waals surface area (Å²) < 4.78 is 11.4. The fraction of sp³-hybridized carbons (Fsp3) is 0.167. The number of unbranched alkanes of at least 4 members (excludes halogenated alkanes) is 1. The molecule has 4 nitrogen and oxygen atoms in total. The predicted molar refractivity (Wildman–Crippen MR) is 174 cm³/mol. The molecule has 0 aliphatic heterocycles. The molecule has 5 heteroatoms. The molecule has 0 atom stereocenters. The van der Waals surface area contributed by atoms with Gasteiger partial charge in [0.1, 0.15) is 18.1 Å². The first-order chi connectivity index (χ1) is 20.1. The molecule has 5 rings (SSSR count). The summed E-state index contributed by atoms with van der Waals surface area (Å²) in [5.41, 5.74) is 20.9. The van der Waals surface area contributed by atoms with Crippen molar-refractivity contribution in [2.45, 2.75) is 26.7 Å². The quantitative estimate of drug-likeness (QED) is 0.132. The van der Waals surface area contributed by atoms with E-state index in [9.17, 15) is 0 Å². The summed E-state index contributed by atoms with van der Waals surface area (Å²) in [6.45, 7) is 5.11. The van der Waals surface area contributed by atoms with Crippen molar-refractivity contribution >= 4 is 22.7 Å². The van der Waals surface area contributed by atoms with Gasteiger partial charge in [-0.3, -0.25) is 0 Å². The molecule has 5 aromatic rings. The van der Waals surface area contributed by atoms with Crippen molar-refractivity contribution in [1.82, 2.24) is 0 Å². The third-order valence-corrected chi connectivity index (χ3v) is 8.23. The molecular weight excluding hydrogens is 524 g/mol. The van der Waals surface area contributed by atoms with Gasteiger partial charge in [-0.1, -0.05) is 92.1 Å². The molecule has 0 spiro atoms. The number of hydrogen-bond acceptors (Lipinski definition) is 5. The van der Waals surface area contributed by atoms with E-state index in [1.54, 1.807) is 18.3 Å². The van der Waals surface area contributed by atoms with E-state index in [0.29, 0.717) is 18.0 Å². The van der Waals surface area contributed by atoms with Crippen LogP contribution in [0.3, 0.4) is 0 Å². The van der Waals surface area contributed by atoms with Crippen molar-refractivity contribution in [3.63, 3.8) is 0 Å². The van der Waals surface area contributed by atoms with Crippen molar-refractivity contribution < 1.29 is 9.47 Å². The Hall–Kier alpha value is -4.66. The zero-order valence-electron chi connectivity index (χ0n) is 23.4. The third kappa shape index (κ3) is 6.57. The zero-order valence-corrected chi connectivity index (χ0v) is 24.3. The maximum atomic E-state index is 6.52. The van der Waals surface area contributed by atoms with Crippen LogP contribution in [-0.2, 0) is 0 Å². The second-order valence-corrected chi connectivity index (χ2v) is 10.7. The zero-order chi connectivity index (χ0) is 28.6. The van der Waals surface area contributed by atoms with Crippen LogP contribution in [0.5, 0.6) is 11.5 Å². The molecule has 4 aromatic carbocycles. The Morgan fingerprint density at radius 3 is 1.39 bits per heavy atom. The number of anilines is 2. The first kappa shape index (κ1) is 27.9. The number of nitrogens with two attached hydrogens (primary N) is 2. The highest BCUT2D eigenvalue weighted by molar-refractivity contribution is 7.20. The van der Waals surface area contributed by atoms with Gasteiger partial charge in [-0.25, -0.2) is 0 Å². The van der Waals surface area contributed by atoms with Crippen molar-refractivity contribution in [2.75, 3.05) is 24.7 Å². The molecule has 0 aliphatic rings. The van der Waals surface area contributed by atoms with Crippen LogP contribution in [0.25, 0.3) is 43.1 Å². The lowest BCUT2D eigenvalue weighted by atomic mass is 10.0. The van der Waals surface area contributed by atoms with Crippen LogP contribution in [0.15, 0.2) is 97.1 Å². The van der Waals surface area contributed by atoms with E-state index >= 15 is 0 Å². The van der Waals surface area contributed by atoms with Crippen molar-refractivity contribution in [3.8, 4) is 66.5 Å². The average molecular weight is 559 g/mol. The van der Waals surface area contributed by atoms with Crippen LogP contribution in [0.2, 0.25) is 0 Å². The van der Waals surface area contributed by atoms with Gasteiger partial charge < -0.3 is 20.9 Å².